The minimum atomic E-state index is -5.14. The maximum atomic E-state index is 13.4. The maximum Gasteiger partial charge on any atom is 0.419 e. The number of carbonyl (C=O) groups excluding carboxylic acids is 2. The topological polar surface area (TPSA) is 84.4 Å². The van der Waals surface area contributed by atoms with Gasteiger partial charge in [0.25, 0.3) is 0 Å². The van der Waals surface area contributed by atoms with Crippen molar-refractivity contribution < 1.29 is 40.7 Å². The normalized spacial score (nSPS) is 19.4. The predicted octanol–water partition coefficient (Wildman–Crippen LogP) is 5.60. The van der Waals surface area contributed by atoms with Crippen LogP contribution in [0.4, 0.5) is 35.9 Å². The van der Waals surface area contributed by atoms with Gasteiger partial charge in [-0.1, -0.05) is 6.58 Å². The Kier molecular flexibility index (Phi) is 7.41. The zero-order valence-corrected chi connectivity index (χ0v) is 18.9. The first-order valence-electron chi connectivity index (χ1n) is 10.4. The van der Waals surface area contributed by atoms with Crippen molar-refractivity contribution in [3.8, 4) is 0 Å². The summed E-state index contributed by atoms with van der Waals surface area (Å²) >= 11 is 0. The van der Waals surface area contributed by atoms with Gasteiger partial charge < -0.3 is 10.1 Å². The Balaban J connectivity index is 1.77. The van der Waals surface area contributed by atoms with Crippen LogP contribution in [0.5, 0.6) is 0 Å². The maximum absolute atomic E-state index is 13.4. The van der Waals surface area contributed by atoms with Crippen LogP contribution < -0.4 is 5.32 Å². The van der Waals surface area contributed by atoms with E-state index < -0.39 is 53.3 Å². The molecule has 36 heavy (non-hydrogen) atoms. The minimum Gasteiger partial charge on any atom is -0.439 e. The van der Waals surface area contributed by atoms with Gasteiger partial charge >= 0.3 is 24.5 Å². The number of alkyl halides is 6. The molecule has 0 radical (unpaired) electrons. The molecule has 1 saturated heterocycles. The number of nitrogens with zero attached hydrogens (tertiary/aromatic N) is 3. The molecule has 7 nitrogen and oxygen atoms in total. The molecule has 3 heterocycles. The number of aromatic nitrogens is 2. The number of nitrogens with one attached hydrogen (secondary N) is 1. The molecule has 2 aromatic rings. The van der Waals surface area contributed by atoms with E-state index in [1.165, 1.54) is 13.1 Å². The highest BCUT2D eigenvalue weighted by Gasteiger charge is 2.44. The van der Waals surface area contributed by atoms with E-state index in [-0.39, 0.29) is 12.6 Å². The molecule has 13 heteroatoms. The summed E-state index contributed by atoms with van der Waals surface area (Å²) in [6.07, 6.45) is -7.77. The summed E-state index contributed by atoms with van der Waals surface area (Å²) in [5.41, 5.74) is -2.43. The lowest BCUT2D eigenvalue weighted by molar-refractivity contribution is -0.0954. The quantitative estimate of drug-likeness (QED) is 0.415. The van der Waals surface area contributed by atoms with Crippen LogP contribution in [0.3, 0.4) is 0 Å². The SMILES string of the molecule is C=C(/C=C(\C=C(/C)C(F)(F)F)C(F)(F)F)[C@H]1OC(=O)N(C(=O)NCc2cncc3cccnc23)[C@H]1C. The van der Waals surface area contributed by atoms with Gasteiger partial charge in [-0.25, -0.2) is 14.5 Å². The van der Waals surface area contributed by atoms with E-state index in [0.29, 0.717) is 29.0 Å². The predicted molar refractivity (Wildman–Crippen MR) is 116 cm³/mol. The summed E-state index contributed by atoms with van der Waals surface area (Å²) in [6.45, 7) is 5.19. The van der Waals surface area contributed by atoms with Crippen molar-refractivity contribution in [2.45, 2.75) is 44.9 Å². The molecule has 0 aliphatic carbocycles. The molecule has 192 valence electrons. The average Bonchev–Trinajstić information content (AvgIpc) is 3.09. The lowest BCUT2D eigenvalue weighted by Gasteiger charge is -2.20. The fraction of sp³-hybridized carbons (Fsp3) is 0.304. The van der Waals surface area contributed by atoms with Crippen molar-refractivity contribution in [3.05, 3.63) is 71.7 Å². The van der Waals surface area contributed by atoms with Gasteiger partial charge in [-0.3, -0.25) is 9.97 Å². The molecule has 1 N–H and O–H groups in total. The minimum absolute atomic E-state index is 0.0661. The number of allylic oxidation sites excluding steroid dienone is 3. The number of rotatable bonds is 5. The fourth-order valence-corrected chi connectivity index (χ4v) is 3.47. The number of carbonyl (C=O) groups is 2. The van der Waals surface area contributed by atoms with Crippen LogP contribution in [-0.4, -0.2) is 51.5 Å². The second-order valence-electron chi connectivity index (χ2n) is 7.94. The Hall–Kier alpha value is -3.90. The number of urea groups is 1. The third kappa shape index (κ3) is 5.83. The monoisotopic (exact) mass is 514 g/mol. The molecular formula is C23H20F6N4O3. The van der Waals surface area contributed by atoms with E-state index in [9.17, 15) is 35.9 Å². The van der Waals surface area contributed by atoms with Crippen LogP contribution in [0.25, 0.3) is 10.9 Å². The van der Waals surface area contributed by atoms with Crippen molar-refractivity contribution in [2.75, 3.05) is 0 Å². The van der Waals surface area contributed by atoms with Crippen LogP contribution >= 0.6 is 0 Å². The summed E-state index contributed by atoms with van der Waals surface area (Å²) in [6, 6.07) is 1.47. The van der Waals surface area contributed by atoms with Crippen LogP contribution in [-0.2, 0) is 11.3 Å². The Morgan fingerprint density at radius 1 is 1.19 bits per heavy atom. The molecule has 0 aromatic carbocycles. The van der Waals surface area contributed by atoms with E-state index >= 15 is 0 Å². The fourth-order valence-electron chi connectivity index (χ4n) is 3.47. The number of cyclic esters (lactones) is 1. The van der Waals surface area contributed by atoms with E-state index in [0.717, 1.165) is 5.39 Å². The zero-order valence-electron chi connectivity index (χ0n) is 18.9. The molecule has 3 rings (SSSR count). The lowest BCUT2D eigenvalue weighted by atomic mass is 10.0. The first kappa shape index (κ1) is 26.7. The van der Waals surface area contributed by atoms with E-state index in [1.807, 2.05) is 0 Å². The highest BCUT2D eigenvalue weighted by molar-refractivity contribution is 5.93. The van der Waals surface area contributed by atoms with E-state index in [4.69, 9.17) is 4.74 Å². The largest absolute Gasteiger partial charge is 0.439 e. The van der Waals surface area contributed by atoms with Gasteiger partial charge in [-0.2, -0.15) is 26.3 Å². The van der Waals surface area contributed by atoms with Crippen molar-refractivity contribution in [2.24, 2.45) is 0 Å². The van der Waals surface area contributed by atoms with Gasteiger partial charge in [-0.15, -0.1) is 0 Å². The molecular weight excluding hydrogens is 494 g/mol. The number of fused-ring (bicyclic) bond motifs is 1. The molecule has 1 fully saturated rings. The van der Waals surface area contributed by atoms with E-state index in [2.05, 4.69) is 21.9 Å². The van der Waals surface area contributed by atoms with Gasteiger partial charge in [0.15, 0.2) is 0 Å². The van der Waals surface area contributed by atoms with Gasteiger partial charge in [0.2, 0.25) is 0 Å². The Morgan fingerprint density at radius 2 is 1.89 bits per heavy atom. The molecule has 0 saturated carbocycles. The Labute approximate surface area is 201 Å². The summed E-state index contributed by atoms with van der Waals surface area (Å²) in [5.74, 6) is 0. The second kappa shape index (κ2) is 9.99. The van der Waals surface area contributed by atoms with Crippen molar-refractivity contribution in [3.63, 3.8) is 0 Å². The highest BCUT2D eigenvalue weighted by atomic mass is 19.4. The first-order valence-corrected chi connectivity index (χ1v) is 10.4. The third-order valence-corrected chi connectivity index (χ3v) is 5.36. The summed E-state index contributed by atoms with van der Waals surface area (Å²) in [5, 5.41) is 3.23. The molecule has 0 unspecified atom stereocenters. The first-order chi connectivity index (χ1) is 16.7. The highest BCUT2D eigenvalue weighted by Crippen LogP contribution is 2.34. The Bertz CT molecular complexity index is 1250. The molecule has 3 amide bonds. The van der Waals surface area contributed by atoms with Crippen molar-refractivity contribution in [1.29, 1.82) is 0 Å². The van der Waals surface area contributed by atoms with Crippen LogP contribution in [0, 0.1) is 0 Å². The summed E-state index contributed by atoms with van der Waals surface area (Å²) in [4.78, 5) is 34.0. The van der Waals surface area contributed by atoms with Gasteiger partial charge in [-0.05, 0) is 43.7 Å². The van der Waals surface area contributed by atoms with Crippen molar-refractivity contribution in [1.82, 2.24) is 20.2 Å². The summed E-state index contributed by atoms with van der Waals surface area (Å²) in [7, 11) is 0. The van der Waals surface area contributed by atoms with Crippen LogP contribution in [0.2, 0.25) is 0 Å². The molecule has 0 bridgehead atoms. The smallest absolute Gasteiger partial charge is 0.419 e. The number of pyridine rings is 2. The molecule has 2 atom stereocenters. The molecule has 1 aliphatic rings. The number of hydrogen-bond donors (Lipinski definition) is 1. The number of ether oxygens (including phenoxy) is 1. The number of amides is 3. The summed E-state index contributed by atoms with van der Waals surface area (Å²) < 4.78 is 83.4. The van der Waals surface area contributed by atoms with Crippen molar-refractivity contribution >= 4 is 23.0 Å². The van der Waals surface area contributed by atoms with Gasteiger partial charge in [0, 0.05) is 41.7 Å². The molecule has 1 aliphatic heterocycles. The average molecular weight is 514 g/mol. The van der Waals surface area contributed by atoms with E-state index in [1.54, 1.807) is 24.5 Å². The Morgan fingerprint density at radius 3 is 2.53 bits per heavy atom. The zero-order chi connectivity index (χ0) is 26.8. The number of halogens is 6. The second-order valence-corrected chi connectivity index (χ2v) is 7.94. The number of hydrogen-bond acceptors (Lipinski definition) is 5. The lowest BCUT2D eigenvalue weighted by Crippen LogP contribution is -2.45. The van der Waals surface area contributed by atoms with Gasteiger partial charge in [0.05, 0.1) is 17.1 Å². The number of imide groups is 1. The van der Waals surface area contributed by atoms with Crippen LogP contribution in [0.1, 0.15) is 19.4 Å². The van der Waals surface area contributed by atoms with Gasteiger partial charge in [0.1, 0.15) is 6.10 Å². The van der Waals surface area contributed by atoms with Crippen LogP contribution in [0.15, 0.2) is 66.2 Å². The standard InChI is InChI=1S/C23H20F6N4O3/c1-12(7-17(23(27,28)29)8-13(2)22(24,25)26)19-14(3)33(21(35)36-19)20(34)32-11-16-10-30-9-15-5-4-6-31-18(15)16/h4-10,14,19H,1,11H2,2-3H3,(H,32,34)/b13-8+,17-7+/t14-,19+/m0/s1. The molecule has 2 aromatic heterocycles. The third-order valence-electron chi connectivity index (χ3n) is 5.36. The molecule has 0 spiro atoms.